The van der Waals surface area contributed by atoms with E-state index in [4.69, 9.17) is 0 Å². The molecule has 0 aromatic heterocycles. The van der Waals surface area contributed by atoms with E-state index in [-0.39, 0.29) is 11.5 Å². The molecule has 23 heavy (non-hydrogen) atoms. The van der Waals surface area contributed by atoms with Crippen LogP contribution in [-0.2, 0) is 11.0 Å². The number of carboxylic acids is 1. The van der Waals surface area contributed by atoms with Crippen LogP contribution in [0.15, 0.2) is 24.3 Å². The molecule has 1 saturated carbocycles. The molecule has 1 aliphatic rings. The van der Waals surface area contributed by atoms with Gasteiger partial charge in [-0.1, -0.05) is 25.3 Å². The molecular weight excluding hydrogens is 311 g/mol. The highest BCUT2D eigenvalue weighted by Gasteiger charge is 2.33. The number of benzene rings is 1. The fraction of sp³-hybridized carbons (Fsp3) is 0.500. The molecule has 4 nitrogen and oxygen atoms in total. The summed E-state index contributed by atoms with van der Waals surface area (Å²) in [6, 6.07) is 2.90. The first kappa shape index (κ1) is 17.3. The van der Waals surface area contributed by atoms with Gasteiger partial charge in [0, 0.05) is 5.56 Å². The number of hydrogen-bond acceptors (Lipinski definition) is 2. The molecule has 0 bridgehead atoms. The molecule has 0 spiro atoms. The molecule has 1 aliphatic carbocycles. The van der Waals surface area contributed by atoms with Crippen molar-refractivity contribution in [3.05, 3.63) is 35.4 Å². The molecule has 2 rings (SSSR count). The first-order chi connectivity index (χ1) is 10.8. The standard InChI is InChI=1S/C16H18F3NO3/c17-16(18,19)12-8-4-7-11(9-12)14(21)20-13(15(22)23)10-5-2-1-3-6-10/h4,7-10,13H,1-3,5-6H2,(H,20,21)(H,22,23)/t13-/m0/s1. The van der Waals surface area contributed by atoms with Gasteiger partial charge in [0.15, 0.2) is 0 Å². The van der Waals surface area contributed by atoms with Crippen LogP contribution in [-0.4, -0.2) is 23.0 Å². The number of rotatable bonds is 4. The van der Waals surface area contributed by atoms with Gasteiger partial charge < -0.3 is 10.4 Å². The van der Waals surface area contributed by atoms with Gasteiger partial charge in [0.25, 0.3) is 5.91 Å². The zero-order chi connectivity index (χ0) is 17.0. The Morgan fingerprint density at radius 1 is 1.17 bits per heavy atom. The maximum absolute atomic E-state index is 12.7. The summed E-state index contributed by atoms with van der Waals surface area (Å²) in [6.45, 7) is 0. The second kappa shape index (κ2) is 7.02. The summed E-state index contributed by atoms with van der Waals surface area (Å²) in [5.74, 6) is -2.14. The molecule has 0 heterocycles. The largest absolute Gasteiger partial charge is 0.480 e. The third kappa shape index (κ3) is 4.46. The summed E-state index contributed by atoms with van der Waals surface area (Å²) >= 11 is 0. The maximum atomic E-state index is 12.7. The van der Waals surface area contributed by atoms with Gasteiger partial charge in [-0.25, -0.2) is 4.79 Å². The Morgan fingerprint density at radius 2 is 1.83 bits per heavy atom. The molecule has 0 aliphatic heterocycles. The second-order valence-corrected chi connectivity index (χ2v) is 5.77. The van der Waals surface area contributed by atoms with Crippen LogP contribution < -0.4 is 5.32 Å². The van der Waals surface area contributed by atoms with Crippen LogP contribution in [0.4, 0.5) is 13.2 Å². The zero-order valence-corrected chi connectivity index (χ0v) is 12.4. The summed E-state index contributed by atoms with van der Waals surface area (Å²) in [5, 5.41) is 11.7. The van der Waals surface area contributed by atoms with Crippen molar-refractivity contribution in [3.8, 4) is 0 Å². The number of amides is 1. The molecule has 2 N–H and O–H groups in total. The van der Waals surface area contributed by atoms with Gasteiger partial charge in [-0.3, -0.25) is 4.79 Å². The lowest BCUT2D eigenvalue weighted by molar-refractivity contribution is -0.141. The van der Waals surface area contributed by atoms with Crippen molar-refractivity contribution in [2.75, 3.05) is 0 Å². The number of halogens is 3. The summed E-state index contributed by atoms with van der Waals surface area (Å²) in [4.78, 5) is 23.5. The molecule has 7 heteroatoms. The van der Waals surface area contributed by atoms with Crippen molar-refractivity contribution in [2.24, 2.45) is 5.92 Å². The van der Waals surface area contributed by atoms with Crippen LogP contribution in [0.2, 0.25) is 0 Å². The molecule has 1 fully saturated rings. The molecule has 0 radical (unpaired) electrons. The first-order valence-electron chi connectivity index (χ1n) is 7.50. The highest BCUT2D eigenvalue weighted by Crippen LogP contribution is 2.30. The van der Waals surface area contributed by atoms with Crippen molar-refractivity contribution < 1.29 is 27.9 Å². The monoisotopic (exact) mass is 329 g/mol. The fourth-order valence-electron chi connectivity index (χ4n) is 2.91. The van der Waals surface area contributed by atoms with Crippen LogP contribution in [0.1, 0.15) is 48.0 Å². The lowest BCUT2D eigenvalue weighted by atomic mass is 9.84. The molecule has 0 saturated heterocycles. The average Bonchev–Trinajstić information content (AvgIpc) is 2.52. The van der Waals surface area contributed by atoms with Crippen molar-refractivity contribution in [2.45, 2.75) is 44.3 Å². The smallest absolute Gasteiger partial charge is 0.416 e. The van der Waals surface area contributed by atoms with E-state index in [0.717, 1.165) is 37.5 Å². The van der Waals surface area contributed by atoms with E-state index in [2.05, 4.69) is 5.32 Å². The molecule has 126 valence electrons. The number of carbonyl (C=O) groups excluding carboxylic acids is 1. The normalized spacial score (nSPS) is 17.5. The van der Waals surface area contributed by atoms with Crippen molar-refractivity contribution in [1.29, 1.82) is 0 Å². The van der Waals surface area contributed by atoms with E-state index in [0.29, 0.717) is 12.8 Å². The Morgan fingerprint density at radius 3 is 2.39 bits per heavy atom. The number of alkyl halides is 3. The topological polar surface area (TPSA) is 66.4 Å². The van der Waals surface area contributed by atoms with Gasteiger partial charge in [0.2, 0.25) is 0 Å². The number of hydrogen-bond donors (Lipinski definition) is 2. The number of nitrogens with one attached hydrogen (secondary N) is 1. The zero-order valence-electron chi connectivity index (χ0n) is 12.4. The quantitative estimate of drug-likeness (QED) is 0.889. The Bertz CT molecular complexity index is 580. The predicted molar refractivity (Wildman–Crippen MR) is 76.9 cm³/mol. The lowest BCUT2D eigenvalue weighted by Gasteiger charge is -2.28. The Hall–Kier alpha value is -2.05. The van der Waals surface area contributed by atoms with E-state index in [9.17, 15) is 27.9 Å². The lowest BCUT2D eigenvalue weighted by Crippen LogP contribution is -2.46. The molecule has 0 unspecified atom stereocenters. The van der Waals surface area contributed by atoms with Crippen molar-refractivity contribution >= 4 is 11.9 Å². The van der Waals surface area contributed by atoms with E-state index in [1.54, 1.807) is 0 Å². The molecule has 1 atom stereocenters. The van der Waals surface area contributed by atoms with Gasteiger partial charge >= 0.3 is 12.1 Å². The summed E-state index contributed by atoms with van der Waals surface area (Å²) < 4.78 is 38.1. The SMILES string of the molecule is O=C(N[C@H](C(=O)O)C1CCCCC1)c1cccc(C(F)(F)F)c1. The van der Waals surface area contributed by atoms with Gasteiger partial charge in [-0.15, -0.1) is 0 Å². The van der Waals surface area contributed by atoms with Gasteiger partial charge in [0.1, 0.15) is 6.04 Å². The van der Waals surface area contributed by atoms with E-state index in [1.165, 1.54) is 6.07 Å². The minimum absolute atomic E-state index is 0.184. The summed E-state index contributed by atoms with van der Waals surface area (Å²) in [7, 11) is 0. The Kier molecular flexibility index (Phi) is 5.28. The van der Waals surface area contributed by atoms with Gasteiger partial charge in [0.05, 0.1) is 5.56 Å². The second-order valence-electron chi connectivity index (χ2n) is 5.77. The molecular formula is C16H18F3NO3. The Balaban J connectivity index is 2.14. The molecule has 1 amide bonds. The number of carbonyl (C=O) groups is 2. The van der Waals surface area contributed by atoms with E-state index < -0.39 is 29.7 Å². The highest BCUT2D eigenvalue weighted by atomic mass is 19.4. The molecule has 1 aromatic rings. The van der Waals surface area contributed by atoms with Crippen LogP contribution in [0.25, 0.3) is 0 Å². The fourth-order valence-corrected chi connectivity index (χ4v) is 2.91. The van der Waals surface area contributed by atoms with Gasteiger partial charge in [-0.05, 0) is 37.0 Å². The summed E-state index contributed by atoms with van der Waals surface area (Å²) in [6.07, 6.45) is -0.336. The van der Waals surface area contributed by atoms with E-state index in [1.807, 2.05) is 0 Å². The highest BCUT2D eigenvalue weighted by molar-refractivity contribution is 5.96. The van der Waals surface area contributed by atoms with Gasteiger partial charge in [-0.2, -0.15) is 13.2 Å². The Labute approximate surface area is 131 Å². The number of aliphatic carboxylic acids is 1. The maximum Gasteiger partial charge on any atom is 0.416 e. The third-order valence-electron chi connectivity index (χ3n) is 4.13. The van der Waals surface area contributed by atoms with Crippen LogP contribution in [0.5, 0.6) is 0 Å². The minimum Gasteiger partial charge on any atom is -0.480 e. The van der Waals surface area contributed by atoms with E-state index >= 15 is 0 Å². The van der Waals surface area contributed by atoms with Crippen LogP contribution >= 0.6 is 0 Å². The summed E-state index contributed by atoms with van der Waals surface area (Å²) in [5.41, 5.74) is -1.13. The average molecular weight is 329 g/mol. The first-order valence-corrected chi connectivity index (χ1v) is 7.50. The van der Waals surface area contributed by atoms with Crippen molar-refractivity contribution in [3.63, 3.8) is 0 Å². The third-order valence-corrected chi connectivity index (χ3v) is 4.13. The van der Waals surface area contributed by atoms with Crippen LogP contribution in [0, 0.1) is 5.92 Å². The van der Waals surface area contributed by atoms with Crippen LogP contribution in [0.3, 0.4) is 0 Å². The molecule has 1 aromatic carbocycles. The predicted octanol–water partition coefficient (Wildman–Crippen LogP) is 3.47. The number of carboxylic acid groups (broad SMARTS) is 1. The van der Waals surface area contributed by atoms with Crippen molar-refractivity contribution in [1.82, 2.24) is 5.32 Å². The minimum atomic E-state index is -4.55.